The van der Waals surface area contributed by atoms with Crippen LogP contribution in [0.25, 0.3) is 0 Å². The number of carbonyl (C=O) groups excluding carboxylic acids is 1. The van der Waals surface area contributed by atoms with Crippen molar-refractivity contribution in [1.29, 1.82) is 0 Å². The van der Waals surface area contributed by atoms with E-state index >= 15 is 0 Å². The minimum atomic E-state index is -3.58. The third-order valence-corrected chi connectivity index (χ3v) is 4.99. The molecule has 0 heterocycles. The lowest BCUT2D eigenvalue weighted by molar-refractivity contribution is -0.114. The molecule has 1 amide bonds. The normalized spacial score (nSPS) is 11.2. The standard InChI is InChI=1S/C19H24N2O3S/c1-13-6-7-16(4)18(11-13)20-19(22)12-21(25(5,23)24)17-9-14(2)8-15(3)10-17/h6-11H,12H2,1-5H3,(H,20,22). The monoisotopic (exact) mass is 360 g/mol. The Morgan fingerprint density at radius 1 is 0.960 bits per heavy atom. The number of nitrogens with zero attached hydrogens (tertiary/aromatic N) is 1. The van der Waals surface area contributed by atoms with Crippen molar-refractivity contribution in [3.8, 4) is 0 Å². The highest BCUT2D eigenvalue weighted by Crippen LogP contribution is 2.22. The molecule has 0 bridgehead atoms. The van der Waals surface area contributed by atoms with Gasteiger partial charge in [-0.05, 0) is 68.1 Å². The van der Waals surface area contributed by atoms with Gasteiger partial charge in [-0.1, -0.05) is 18.2 Å². The van der Waals surface area contributed by atoms with E-state index in [1.165, 1.54) is 0 Å². The van der Waals surface area contributed by atoms with E-state index in [1.807, 2.05) is 52.0 Å². The van der Waals surface area contributed by atoms with E-state index < -0.39 is 10.0 Å². The molecule has 0 aliphatic rings. The third-order valence-electron chi connectivity index (χ3n) is 3.85. The lowest BCUT2D eigenvalue weighted by atomic mass is 10.1. The zero-order valence-corrected chi connectivity index (χ0v) is 16.1. The first-order chi connectivity index (χ1) is 11.6. The van der Waals surface area contributed by atoms with Crippen LogP contribution in [0, 0.1) is 27.7 Å². The average Bonchev–Trinajstić information content (AvgIpc) is 2.46. The predicted octanol–water partition coefficient (Wildman–Crippen LogP) is 3.32. The van der Waals surface area contributed by atoms with Crippen molar-refractivity contribution < 1.29 is 13.2 Å². The summed E-state index contributed by atoms with van der Waals surface area (Å²) in [6.07, 6.45) is 1.11. The Labute approximate surface area is 149 Å². The summed E-state index contributed by atoms with van der Waals surface area (Å²) >= 11 is 0. The van der Waals surface area contributed by atoms with E-state index in [0.29, 0.717) is 11.4 Å². The van der Waals surface area contributed by atoms with Crippen LogP contribution in [0.1, 0.15) is 22.3 Å². The van der Waals surface area contributed by atoms with E-state index in [4.69, 9.17) is 0 Å². The van der Waals surface area contributed by atoms with Gasteiger partial charge in [0, 0.05) is 5.69 Å². The molecule has 0 unspecified atom stereocenters. The molecule has 0 atom stereocenters. The van der Waals surface area contributed by atoms with Crippen LogP contribution in [0.4, 0.5) is 11.4 Å². The zero-order chi connectivity index (χ0) is 18.8. The maximum atomic E-state index is 12.5. The summed E-state index contributed by atoms with van der Waals surface area (Å²) in [5.74, 6) is -0.377. The second kappa shape index (κ2) is 7.27. The first-order valence-electron chi connectivity index (χ1n) is 7.99. The van der Waals surface area contributed by atoms with Gasteiger partial charge in [0.1, 0.15) is 6.54 Å². The number of benzene rings is 2. The maximum Gasteiger partial charge on any atom is 0.245 e. The van der Waals surface area contributed by atoms with E-state index in [0.717, 1.165) is 32.8 Å². The fourth-order valence-electron chi connectivity index (χ4n) is 2.69. The van der Waals surface area contributed by atoms with Gasteiger partial charge in [-0.25, -0.2) is 8.42 Å². The van der Waals surface area contributed by atoms with Gasteiger partial charge in [-0.3, -0.25) is 9.10 Å². The number of hydrogen-bond acceptors (Lipinski definition) is 3. The largest absolute Gasteiger partial charge is 0.324 e. The van der Waals surface area contributed by atoms with Gasteiger partial charge < -0.3 is 5.32 Å². The molecular weight excluding hydrogens is 336 g/mol. The van der Waals surface area contributed by atoms with Crippen molar-refractivity contribution in [2.24, 2.45) is 0 Å². The summed E-state index contributed by atoms with van der Waals surface area (Å²) in [7, 11) is -3.58. The second-order valence-electron chi connectivity index (χ2n) is 6.48. The highest BCUT2D eigenvalue weighted by Gasteiger charge is 2.21. The number of amides is 1. The van der Waals surface area contributed by atoms with Crippen LogP contribution in [-0.2, 0) is 14.8 Å². The predicted molar refractivity (Wildman–Crippen MR) is 103 cm³/mol. The van der Waals surface area contributed by atoms with E-state index in [1.54, 1.807) is 12.1 Å². The SMILES string of the molecule is Cc1cc(C)cc(N(CC(=O)Nc2cc(C)ccc2C)S(C)(=O)=O)c1. The minimum absolute atomic E-state index is 0.269. The molecule has 25 heavy (non-hydrogen) atoms. The van der Waals surface area contributed by atoms with Crippen molar-refractivity contribution in [3.05, 3.63) is 58.7 Å². The molecule has 2 aromatic carbocycles. The molecule has 0 saturated heterocycles. The quantitative estimate of drug-likeness (QED) is 0.889. The molecule has 6 heteroatoms. The van der Waals surface area contributed by atoms with Crippen LogP contribution >= 0.6 is 0 Å². The van der Waals surface area contributed by atoms with Crippen molar-refractivity contribution in [1.82, 2.24) is 0 Å². The summed E-state index contributed by atoms with van der Waals surface area (Å²) in [5.41, 5.74) is 5.03. The Morgan fingerprint density at radius 3 is 2.12 bits per heavy atom. The molecule has 5 nitrogen and oxygen atoms in total. The summed E-state index contributed by atoms with van der Waals surface area (Å²) in [6.45, 7) is 7.36. The molecular formula is C19H24N2O3S. The molecule has 2 aromatic rings. The minimum Gasteiger partial charge on any atom is -0.324 e. The highest BCUT2D eigenvalue weighted by molar-refractivity contribution is 7.92. The Balaban J connectivity index is 2.28. The Hall–Kier alpha value is -2.34. The Bertz CT molecular complexity index is 885. The van der Waals surface area contributed by atoms with Crippen molar-refractivity contribution in [2.75, 3.05) is 22.4 Å². The van der Waals surface area contributed by atoms with Gasteiger partial charge in [0.2, 0.25) is 15.9 Å². The van der Waals surface area contributed by atoms with Crippen molar-refractivity contribution in [3.63, 3.8) is 0 Å². The van der Waals surface area contributed by atoms with Gasteiger partial charge in [0.05, 0.1) is 11.9 Å². The molecule has 0 radical (unpaired) electrons. The Morgan fingerprint density at radius 2 is 1.56 bits per heavy atom. The maximum absolute atomic E-state index is 12.5. The van der Waals surface area contributed by atoms with Crippen LogP contribution in [0.5, 0.6) is 0 Å². The molecule has 0 aliphatic heterocycles. The molecule has 0 fully saturated rings. The number of carbonyl (C=O) groups is 1. The van der Waals surface area contributed by atoms with E-state index in [9.17, 15) is 13.2 Å². The lowest BCUT2D eigenvalue weighted by Crippen LogP contribution is -2.37. The summed E-state index contributed by atoms with van der Waals surface area (Å²) in [5, 5.41) is 2.81. The number of hydrogen-bond donors (Lipinski definition) is 1. The smallest absolute Gasteiger partial charge is 0.245 e. The van der Waals surface area contributed by atoms with Gasteiger partial charge in [-0.2, -0.15) is 0 Å². The first-order valence-corrected chi connectivity index (χ1v) is 9.84. The van der Waals surface area contributed by atoms with E-state index in [-0.39, 0.29) is 12.5 Å². The van der Waals surface area contributed by atoms with Gasteiger partial charge in [-0.15, -0.1) is 0 Å². The van der Waals surface area contributed by atoms with Gasteiger partial charge >= 0.3 is 0 Å². The zero-order valence-electron chi connectivity index (χ0n) is 15.3. The third kappa shape index (κ3) is 5.06. The fourth-order valence-corrected chi connectivity index (χ4v) is 3.53. The summed E-state index contributed by atoms with van der Waals surface area (Å²) in [6, 6.07) is 11.2. The van der Waals surface area contributed by atoms with E-state index in [2.05, 4.69) is 5.32 Å². The molecule has 0 aliphatic carbocycles. The summed E-state index contributed by atoms with van der Waals surface area (Å²) < 4.78 is 25.6. The summed E-state index contributed by atoms with van der Waals surface area (Å²) in [4.78, 5) is 12.5. The van der Waals surface area contributed by atoms with Crippen LogP contribution in [0.2, 0.25) is 0 Å². The van der Waals surface area contributed by atoms with Crippen molar-refractivity contribution in [2.45, 2.75) is 27.7 Å². The highest BCUT2D eigenvalue weighted by atomic mass is 32.2. The number of aryl methyl sites for hydroxylation is 4. The molecule has 134 valence electrons. The molecule has 1 N–H and O–H groups in total. The van der Waals surface area contributed by atoms with Crippen LogP contribution in [-0.4, -0.2) is 27.1 Å². The number of sulfonamides is 1. The van der Waals surface area contributed by atoms with Crippen LogP contribution < -0.4 is 9.62 Å². The molecule has 0 saturated carbocycles. The van der Waals surface area contributed by atoms with Crippen molar-refractivity contribution >= 4 is 27.3 Å². The topological polar surface area (TPSA) is 66.5 Å². The number of nitrogens with one attached hydrogen (secondary N) is 1. The molecule has 2 rings (SSSR count). The van der Waals surface area contributed by atoms with Gasteiger partial charge in [0.25, 0.3) is 0 Å². The van der Waals surface area contributed by atoms with Crippen LogP contribution in [0.3, 0.4) is 0 Å². The molecule has 0 aromatic heterocycles. The Kier molecular flexibility index (Phi) is 5.52. The van der Waals surface area contributed by atoms with Gasteiger partial charge in [0.15, 0.2) is 0 Å². The second-order valence-corrected chi connectivity index (χ2v) is 8.39. The fraction of sp³-hybridized carbons (Fsp3) is 0.316. The number of rotatable bonds is 5. The average molecular weight is 360 g/mol. The van der Waals surface area contributed by atoms with Crippen LogP contribution in [0.15, 0.2) is 36.4 Å². The molecule has 0 spiro atoms. The number of anilines is 2. The first kappa shape index (κ1) is 19.0. The lowest BCUT2D eigenvalue weighted by Gasteiger charge is -2.23.